The van der Waals surface area contributed by atoms with Crippen molar-refractivity contribution in [2.75, 3.05) is 4.72 Å². The Morgan fingerprint density at radius 1 is 1.41 bits per heavy atom. The van der Waals surface area contributed by atoms with Crippen molar-refractivity contribution in [3.8, 4) is 0 Å². The third-order valence-electron chi connectivity index (χ3n) is 1.93. The summed E-state index contributed by atoms with van der Waals surface area (Å²) in [7, 11) is -3.92. The molecule has 0 radical (unpaired) electrons. The highest BCUT2D eigenvalue weighted by atomic mass is 35.5. The molecule has 1 heterocycles. The van der Waals surface area contributed by atoms with E-state index in [2.05, 4.69) is 14.9 Å². The van der Waals surface area contributed by atoms with E-state index in [1.54, 1.807) is 0 Å². The molecule has 2 aromatic rings. The molecule has 2 N–H and O–H groups in total. The average molecular weight is 276 g/mol. The Kier molecular flexibility index (Phi) is 3.03. The number of aromatic nitrogens is 2. The Hall–Kier alpha value is -1.60. The van der Waals surface area contributed by atoms with Crippen LogP contribution in [0.5, 0.6) is 0 Å². The van der Waals surface area contributed by atoms with Gasteiger partial charge in [0.1, 0.15) is 10.7 Å². The topological polar surface area (TPSA) is 74.8 Å². The molecule has 8 heteroatoms. The summed E-state index contributed by atoms with van der Waals surface area (Å²) in [5.41, 5.74) is 0.241. The molecule has 0 unspecified atom stereocenters. The van der Waals surface area contributed by atoms with Crippen LogP contribution >= 0.6 is 11.6 Å². The predicted octanol–water partition coefficient (Wildman–Crippen LogP) is 2.00. The maximum atomic E-state index is 13.0. The molecule has 0 saturated heterocycles. The summed E-state index contributed by atoms with van der Waals surface area (Å²) < 4.78 is 38.9. The lowest BCUT2D eigenvalue weighted by Gasteiger charge is -2.07. The highest BCUT2D eigenvalue weighted by Gasteiger charge is 2.19. The van der Waals surface area contributed by atoms with E-state index >= 15 is 0 Å². The van der Waals surface area contributed by atoms with Gasteiger partial charge >= 0.3 is 0 Å². The van der Waals surface area contributed by atoms with Gasteiger partial charge in [-0.3, -0.25) is 9.82 Å². The highest BCUT2D eigenvalue weighted by molar-refractivity contribution is 7.92. The summed E-state index contributed by atoms with van der Waals surface area (Å²) in [6.45, 7) is 0. The van der Waals surface area contributed by atoms with Gasteiger partial charge in [0.25, 0.3) is 10.0 Å². The molecule has 0 amide bonds. The largest absolute Gasteiger partial charge is 0.284 e. The van der Waals surface area contributed by atoms with Crippen LogP contribution in [-0.2, 0) is 10.0 Å². The molecule has 1 aromatic heterocycles. The van der Waals surface area contributed by atoms with Crippen molar-refractivity contribution >= 4 is 27.3 Å². The quantitative estimate of drug-likeness (QED) is 0.900. The summed E-state index contributed by atoms with van der Waals surface area (Å²) in [6.07, 6.45) is 2.63. The summed E-state index contributed by atoms with van der Waals surface area (Å²) in [5, 5.41) is 5.97. The number of hydrogen-bond donors (Lipinski definition) is 2. The molecule has 0 aliphatic heterocycles. The van der Waals surface area contributed by atoms with Crippen molar-refractivity contribution in [3.63, 3.8) is 0 Å². The molecule has 90 valence electrons. The Labute approximate surface area is 102 Å². The fourth-order valence-electron chi connectivity index (χ4n) is 1.20. The number of nitrogens with one attached hydrogen (secondary N) is 2. The van der Waals surface area contributed by atoms with Crippen molar-refractivity contribution in [1.29, 1.82) is 0 Å². The highest BCUT2D eigenvalue weighted by Crippen LogP contribution is 2.24. The van der Waals surface area contributed by atoms with Crippen molar-refractivity contribution < 1.29 is 12.8 Å². The van der Waals surface area contributed by atoms with Gasteiger partial charge in [0.2, 0.25) is 0 Å². The summed E-state index contributed by atoms with van der Waals surface area (Å²) >= 11 is 5.71. The number of benzene rings is 1. The number of H-pyrrole nitrogens is 1. The Bertz CT molecular complexity index is 628. The summed E-state index contributed by atoms with van der Waals surface area (Å²) in [6, 6.07) is 3.12. The minimum Gasteiger partial charge on any atom is -0.284 e. The molecule has 1 aromatic carbocycles. The first kappa shape index (κ1) is 11.9. The molecule has 17 heavy (non-hydrogen) atoms. The van der Waals surface area contributed by atoms with Gasteiger partial charge in [0.05, 0.1) is 16.9 Å². The average Bonchev–Trinajstić information content (AvgIpc) is 2.73. The second-order valence-corrected chi connectivity index (χ2v) is 5.23. The second-order valence-electron chi connectivity index (χ2n) is 3.17. The maximum Gasteiger partial charge on any atom is 0.263 e. The van der Waals surface area contributed by atoms with E-state index in [9.17, 15) is 12.8 Å². The lowest BCUT2D eigenvalue weighted by molar-refractivity contribution is 0.595. The molecule has 0 bridgehead atoms. The van der Waals surface area contributed by atoms with E-state index < -0.39 is 15.8 Å². The second kappa shape index (κ2) is 4.34. The van der Waals surface area contributed by atoms with Gasteiger partial charge in [-0.15, -0.1) is 0 Å². The number of sulfonamides is 1. The number of nitrogens with zero attached hydrogens (tertiary/aromatic N) is 1. The zero-order valence-corrected chi connectivity index (χ0v) is 9.89. The van der Waals surface area contributed by atoms with E-state index in [1.807, 2.05) is 0 Å². The Morgan fingerprint density at radius 2 is 2.18 bits per heavy atom. The molecule has 0 saturated carbocycles. The Morgan fingerprint density at radius 3 is 2.82 bits per heavy atom. The minimum atomic E-state index is -3.92. The third-order valence-corrected chi connectivity index (χ3v) is 3.80. The molecular formula is C9H7ClFN3O2S. The SMILES string of the molecule is O=S(=O)(Nc1cn[nH]c1)c1cc(F)ccc1Cl. The first-order valence-corrected chi connectivity index (χ1v) is 6.32. The van der Waals surface area contributed by atoms with Crippen molar-refractivity contribution in [3.05, 3.63) is 41.4 Å². The lowest BCUT2D eigenvalue weighted by atomic mass is 10.3. The van der Waals surface area contributed by atoms with E-state index in [0.29, 0.717) is 0 Å². The van der Waals surface area contributed by atoms with Gasteiger partial charge in [-0.2, -0.15) is 5.10 Å². The van der Waals surface area contributed by atoms with Crippen LogP contribution in [0.3, 0.4) is 0 Å². The number of aromatic amines is 1. The third kappa shape index (κ3) is 2.56. The van der Waals surface area contributed by atoms with Crippen LogP contribution in [0.2, 0.25) is 5.02 Å². The van der Waals surface area contributed by atoms with Crippen LogP contribution in [0.1, 0.15) is 0 Å². The number of hydrogen-bond acceptors (Lipinski definition) is 3. The van der Waals surface area contributed by atoms with Crippen molar-refractivity contribution in [1.82, 2.24) is 10.2 Å². The van der Waals surface area contributed by atoms with Crippen LogP contribution in [0.4, 0.5) is 10.1 Å². The maximum absolute atomic E-state index is 13.0. The summed E-state index contributed by atoms with van der Waals surface area (Å²) in [5.74, 6) is -0.679. The van der Waals surface area contributed by atoms with Gasteiger partial charge in [-0.1, -0.05) is 11.6 Å². The Balaban J connectivity index is 2.41. The van der Waals surface area contributed by atoms with Crippen LogP contribution < -0.4 is 4.72 Å². The van der Waals surface area contributed by atoms with Crippen LogP contribution in [-0.4, -0.2) is 18.6 Å². The van der Waals surface area contributed by atoms with Crippen LogP contribution in [0, 0.1) is 5.82 Å². The summed E-state index contributed by atoms with van der Waals surface area (Å²) in [4.78, 5) is -0.319. The standard InChI is InChI=1S/C9H7ClFN3O2S/c10-8-2-1-6(11)3-9(8)17(15,16)14-7-4-12-13-5-7/h1-5,14H,(H,12,13). The fourth-order valence-corrected chi connectivity index (χ4v) is 2.75. The molecule has 0 atom stereocenters. The van der Waals surface area contributed by atoms with Crippen LogP contribution in [0.25, 0.3) is 0 Å². The van der Waals surface area contributed by atoms with E-state index in [4.69, 9.17) is 11.6 Å². The first-order chi connectivity index (χ1) is 7.99. The molecule has 0 aliphatic rings. The van der Waals surface area contributed by atoms with Crippen molar-refractivity contribution in [2.24, 2.45) is 0 Å². The number of anilines is 1. The molecule has 0 aliphatic carbocycles. The molecule has 2 rings (SSSR count). The molecule has 5 nitrogen and oxygen atoms in total. The van der Waals surface area contributed by atoms with E-state index in [0.717, 1.165) is 12.1 Å². The lowest BCUT2D eigenvalue weighted by Crippen LogP contribution is -2.13. The monoisotopic (exact) mass is 275 g/mol. The van der Waals surface area contributed by atoms with E-state index in [1.165, 1.54) is 18.5 Å². The minimum absolute atomic E-state index is 0.0533. The van der Waals surface area contributed by atoms with Gasteiger partial charge in [0.15, 0.2) is 0 Å². The van der Waals surface area contributed by atoms with Gasteiger partial charge in [-0.05, 0) is 18.2 Å². The smallest absolute Gasteiger partial charge is 0.263 e. The number of rotatable bonds is 3. The normalized spacial score (nSPS) is 11.4. The van der Waals surface area contributed by atoms with Gasteiger partial charge in [-0.25, -0.2) is 12.8 Å². The van der Waals surface area contributed by atoms with E-state index in [-0.39, 0.29) is 15.6 Å². The zero-order valence-electron chi connectivity index (χ0n) is 8.31. The fraction of sp³-hybridized carbons (Fsp3) is 0. The van der Waals surface area contributed by atoms with Crippen molar-refractivity contribution in [2.45, 2.75) is 4.90 Å². The van der Waals surface area contributed by atoms with Gasteiger partial charge in [0, 0.05) is 6.20 Å². The van der Waals surface area contributed by atoms with Crippen LogP contribution in [0.15, 0.2) is 35.5 Å². The molecule has 0 fully saturated rings. The number of halogens is 2. The molecular weight excluding hydrogens is 269 g/mol. The zero-order chi connectivity index (χ0) is 12.5. The predicted molar refractivity (Wildman–Crippen MR) is 60.8 cm³/mol. The molecule has 0 spiro atoms. The van der Waals surface area contributed by atoms with Gasteiger partial charge < -0.3 is 0 Å². The first-order valence-electron chi connectivity index (χ1n) is 4.46.